The Hall–Kier alpha value is 0. The van der Waals surface area contributed by atoms with Crippen molar-refractivity contribution in [3.63, 3.8) is 0 Å². The number of hydrogen-bond acceptors (Lipinski definition) is 0. The minimum atomic E-state index is 0.739. The lowest BCUT2D eigenvalue weighted by molar-refractivity contribution is 0.170. The molecule has 0 aromatic carbocycles. The summed E-state index contributed by atoms with van der Waals surface area (Å²) in [6, 6.07) is 0. The number of hydrogen-bond donors (Lipinski definition) is 0. The highest BCUT2D eigenvalue weighted by molar-refractivity contribution is 4.88. The summed E-state index contributed by atoms with van der Waals surface area (Å²) in [5, 5.41) is 0. The van der Waals surface area contributed by atoms with E-state index in [1.807, 2.05) is 0 Å². The summed E-state index contributed by atoms with van der Waals surface area (Å²) in [6.07, 6.45) is 15.1. The van der Waals surface area contributed by atoms with Crippen LogP contribution in [0.2, 0.25) is 0 Å². The molecule has 2 fully saturated rings. The summed E-state index contributed by atoms with van der Waals surface area (Å²) < 4.78 is 0. The summed E-state index contributed by atoms with van der Waals surface area (Å²) in [4.78, 5) is 0. The van der Waals surface area contributed by atoms with E-state index >= 15 is 0 Å². The predicted octanol–water partition coefficient (Wildman–Crippen LogP) is 5.17. The molecule has 2 rings (SSSR count). The molecule has 0 N–H and O–H groups in total. The Balaban J connectivity index is 1.92. The molecule has 0 aromatic heterocycles. The van der Waals surface area contributed by atoms with Crippen LogP contribution in [-0.2, 0) is 0 Å². The van der Waals surface area contributed by atoms with Gasteiger partial charge < -0.3 is 0 Å². The molecule has 88 valence electrons. The van der Waals surface area contributed by atoms with Gasteiger partial charge in [0, 0.05) is 0 Å². The molecule has 0 radical (unpaired) electrons. The predicted molar refractivity (Wildman–Crippen MR) is 66.9 cm³/mol. The van der Waals surface area contributed by atoms with Crippen molar-refractivity contribution in [2.45, 2.75) is 78.1 Å². The van der Waals surface area contributed by atoms with E-state index in [-0.39, 0.29) is 0 Å². The molecule has 0 heterocycles. The van der Waals surface area contributed by atoms with E-state index in [9.17, 15) is 0 Å². The zero-order chi connectivity index (χ0) is 10.7. The van der Waals surface area contributed by atoms with Crippen LogP contribution in [0.1, 0.15) is 78.1 Å². The first-order valence-corrected chi connectivity index (χ1v) is 7.24. The first-order valence-electron chi connectivity index (χ1n) is 7.24. The molecule has 2 aliphatic carbocycles. The van der Waals surface area contributed by atoms with E-state index in [1.165, 1.54) is 64.2 Å². The Morgan fingerprint density at radius 1 is 0.933 bits per heavy atom. The summed E-state index contributed by atoms with van der Waals surface area (Å²) >= 11 is 0. The third-order valence-electron chi connectivity index (χ3n) is 5.40. The third kappa shape index (κ3) is 2.57. The van der Waals surface area contributed by atoms with Gasteiger partial charge in [0.05, 0.1) is 0 Å². The lowest BCUT2D eigenvalue weighted by atomic mass is 9.72. The summed E-state index contributed by atoms with van der Waals surface area (Å²) in [6.45, 7) is 4.96. The van der Waals surface area contributed by atoms with E-state index in [0.29, 0.717) is 0 Å². The largest absolute Gasteiger partial charge is 0.0651 e. The van der Waals surface area contributed by atoms with Crippen LogP contribution in [0, 0.1) is 17.3 Å². The molecule has 15 heavy (non-hydrogen) atoms. The van der Waals surface area contributed by atoms with E-state index in [0.717, 1.165) is 17.3 Å². The maximum absolute atomic E-state index is 2.58. The van der Waals surface area contributed by atoms with Gasteiger partial charge in [-0.05, 0) is 42.9 Å². The molecule has 1 unspecified atom stereocenters. The standard InChI is InChI=1S/C15H28/c1-3-13-7-6-8-14(10-9-13)15(2)11-4-5-12-15/h13-14H,3-12H2,1-2H3/t13-,14?/m0/s1. The lowest BCUT2D eigenvalue weighted by Gasteiger charge is -2.33. The topological polar surface area (TPSA) is 0 Å². The first-order chi connectivity index (χ1) is 7.24. The summed E-state index contributed by atoms with van der Waals surface area (Å²) in [7, 11) is 0. The molecule has 2 aliphatic rings. The number of rotatable bonds is 2. The Morgan fingerprint density at radius 3 is 2.33 bits per heavy atom. The first kappa shape index (κ1) is 11.5. The van der Waals surface area contributed by atoms with Gasteiger partial charge in [-0.2, -0.15) is 0 Å². The SMILES string of the molecule is CC[C@H]1CCCC(C2(C)CCCC2)CC1. The van der Waals surface area contributed by atoms with Gasteiger partial charge in [0.1, 0.15) is 0 Å². The zero-order valence-corrected chi connectivity index (χ0v) is 10.7. The Bertz CT molecular complexity index is 188. The molecule has 0 spiro atoms. The molecule has 0 bridgehead atoms. The summed E-state index contributed by atoms with van der Waals surface area (Å²) in [5.74, 6) is 2.12. The van der Waals surface area contributed by atoms with Gasteiger partial charge in [-0.3, -0.25) is 0 Å². The highest BCUT2D eigenvalue weighted by Gasteiger charge is 2.37. The van der Waals surface area contributed by atoms with Gasteiger partial charge in [-0.25, -0.2) is 0 Å². The van der Waals surface area contributed by atoms with Crippen LogP contribution in [0.3, 0.4) is 0 Å². The molecule has 0 heteroatoms. The maximum atomic E-state index is 2.58. The average molecular weight is 208 g/mol. The highest BCUT2D eigenvalue weighted by atomic mass is 14.4. The smallest absolute Gasteiger partial charge is 0.0298 e. The molecule has 0 nitrogen and oxygen atoms in total. The van der Waals surface area contributed by atoms with Gasteiger partial charge in [0.15, 0.2) is 0 Å². The fraction of sp³-hybridized carbons (Fsp3) is 1.00. The fourth-order valence-electron chi connectivity index (χ4n) is 4.07. The van der Waals surface area contributed by atoms with Crippen molar-refractivity contribution in [1.29, 1.82) is 0 Å². The Kier molecular flexibility index (Phi) is 3.74. The lowest BCUT2D eigenvalue weighted by Crippen LogP contribution is -2.23. The van der Waals surface area contributed by atoms with Crippen LogP contribution < -0.4 is 0 Å². The molecule has 0 saturated heterocycles. The average Bonchev–Trinajstić information content (AvgIpc) is 2.56. The Labute approximate surface area is 95.8 Å². The maximum Gasteiger partial charge on any atom is -0.0298 e. The van der Waals surface area contributed by atoms with Gasteiger partial charge in [0.2, 0.25) is 0 Å². The van der Waals surface area contributed by atoms with Gasteiger partial charge in [-0.15, -0.1) is 0 Å². The highest BCUT2D eigenvalue weighted by Crippen LogP contribution is 2.49. The molecular weight excluding hydrogens is 180 g/mol. The van der Waals surface area contributed by atoms with Crippen molar-refractivity contribution < 1.29 is 0 Å². The van der Waals surface area contributed by atoms with Crippen LogP contribution in [-0.4, -0.2) is 0 Å². The van der Waals surface area contributed by atoms with Gasteiger partial charge in [-0.1, -0.05) is 52.4 Å². The second kappa shape index (κ2) is 4.89. The van der Waals surface area contributed by atoms with Crippen molar-refractivity contribution in [2.75, 3.05) is 0 Å². The molecule has 0 aromatic rings. The quantitative estimate of drug-likeness (QED) is 0.549. The van der Waals surface area contributed by atoms with Crippen molar-refractivity contribution in [1.82, 2.24) is 0 Å². The Morgan fingerprint density at radius 2 is 1.67 bits per heavy atom. The van der Waals surface area contributed by atoms with E-state index in [2.05, 4.69) is 13.8 Å². The zero-order valence-electron chi connectivity index (χ0n) is 10.7. The van der Waals surface area contributed by atoms with Crippen molar-refractivity contribution in [3.8, 4) is 0 Å². The molecular formula is C15H28. The second-order valence-corrected chi connectivity index (χ2v) is 6.34. The minimum Gasteiger partial charge on any atom is -0.0651 e. The monoisotopic (exact) mass is 208 g/mol. The minimum absolute atomic E-state index is 0.739. The van der Waals surface area contributed by atoms with Crippen molar-refractivity contribution in [3.05, 3.63) is 0 Å². The molecule has 0 aliphatic heterocycles. The van der Waals surface area contributed by atoms with Crippen LogP contribution in [0.25, 0.3) is 0 Å². The second-order valence-electron chi connectivity index (χ2n) is 6.34. The van der Waals surface area contributed by atoms with E-state index < -0.39 is 0 Å². The van der Waals surface area contributed by atoms with Crippen LogP contribution in [0.4, 0.5) is 0 Å². The third-order valence-corrected chi connectivity index (χ3v) is 5.40. The molecule has 2 saturated carbocycles. The van der Waals surface area contributed by atoms with Crippen LogP contribution in [0.5, 0.6) is 0 Å². The van der Waals surface area contributed by atoms with Crippen LogP contribution >= 0.6 is 0 Å². The summed E-state index contributed by atoms with van der Waals surface area (Å²) in [5.41, 5.74) is 0.739. The van der Waals surface area contributed by atoms with Crippen LogP contribution in [0.15, 0.2) is 0 Å². The van der Waals surface area contributed by atoms with Crippen molar-refractivity contribution >= 4 is 0 Å². The molecule has 2 atom stereocenters. The van der Waals surface area contributed by atoms with Gasteiger partial charge >= 0.3 is 0 Å². The fourth-order valence-corrected chi connectivity index (χ4v) is 4.07. The van der Waals surface area contributed by atoms with Gasteiger partial charge in [0.25, 0.3) is 0 Å². The normalized spacial score (nSPS) is 36.4. The van der Waals surface area contributed by atoms with E-state index in [1.54, 1.807) is 0 Å². The van der Waals surface area contributed by atoms with Crippen molar-refractivity contribution in [2.24, 2.45) is 17.3 Å². The molecule has 0 amide bonds. The van der Waals surface area contributed by atoms with E-state index in [4.69, 9.17) is 0 Å².